The van der Waals surface area contributed by atoms with Gasteiger partial charge in [0, 0.05) is 23.5 Å². The molecule has 0 saturated heterocycles. The van der Waals surface area contributed by atoms with Crippen molar-refractivity contribution < 1.29 is 9.47 Å². The standard InChI is InChI=1S/C21H24N2O2S/c1-15-8-10-18(11-9-15)25-13-21-23-17(14-26-21)12-22-16(2)19-6-4-5-7-20(19)24-3/h4-11,14,16,22H,12-13H2,1-3H3. The Morgan fingerprint density at radius 3 is 2.65 bits per heavy atom. The highest BCUT2D eigenvalue weighted by Crippen LogP contribution is 2.24. The number of methoxy groups -OCH3 is 1. The molecule has 0 aliphatic rings. The van der Waals surface area contributed by atoms with Crippen LogP contribution in [0.25, 0.3) is 0 Å². The van der Waals surface area contributed by atoms with E-state index in [0.717, 1.165) is 27.8 Å². The van der Waals surface area contributed by atoms with Crippen LogP contribution in [0.5, 0.6) is 11.5 Å². The molecule has 4 nitrogen and oxygen atoms in total. The summed E-state index contributed by atoms with van der Waals surface area (Å²) in [5.74, 6) is 1.77. The molecule has 26 heavy (non-hydrogen) atoms. The third kappa shape index (κ3) is 4.84. The zero-order valence-electron chi connectivity index (χ0n) is 15.4. The molecule has 5 heteroatoms. The number of para-hydroxylation sites is 1. The molecule has 0 spiro atoms. The Kier molecular flexibility index (Phi) is 6.26. The predicted octanol–water partition coefficient (Wildman–Crippen LogP) is 4.89. The lowest BCUT2D eigenvalue weighted by Gasteiger charge is -2.16. The average molecular weight is 369 g/mol. The molecule has 3 aromatic rings. The number of hydrogen-bond acceptors (Lipinski definition) is 5. The lowest BCUT2D eigenvalue weighted by Crippen LogP contribution is -2.19. The first-order valence-corrected chi connectivity index (χ1v) is 9.52. The summed E-state index contributed by atoms with van der Waals surface area (Å²) in [5, 5.41) is 6.56. The molecule has 0 amide bonds. The molecule has 1 atom stereocenters. The van der Waals surface area contributed by atoms with Gasteiger partial charge >= 0.3 is 0 Å². The predicted molar refractivity (Wildman–Crippen MR) is 106 cm³/mol. The fraction of sp³-hybridized carbons (Fsp3) is 0.286. The van der Waals surface area contributed by atoms with Crippen LogP contribution >= 0.6 is 11.3 Å². The van der Waals surface area contributed by atoms with Gasteiger partial charge in [-0.1, -0.05) is 35.9 Å². The van der Waals surface area contributed by atoms with Crippen LogP contribution in [0.4, 0.5) is 0 Å². The molecule has 1 aromatic heterocycles. The maximum Gasteiger partial charge on any atom is 0.140 e. The minimum Gasteiger partial charge on any atom is -0.496 e. The van der Waals surface area contributed by atoms with E-state index in [4.69, 9.17) is 9.47 Å². The topological polar surface area (TPSA) is 43.4 Å². The lowest BCUT2D eigenvalue weighted by atomic mass is 10.1. The van der Waals surface area contributed by atoms with Crippen molar-refractivity contribution in [2.24, 2.45) is 0 Å². The molecule has 1 unspecified atom stereocenters. The van der Waals surface area contributed by atoms with E-state index < -0.39 is 0 Å². The van der Waals surface area contributed by atoms with Crippen LogP contribution in [-0.4, -0.2) is 12.1 Å². The lowest BCUT2D eigenvalue weighted by molar-refractivity contribution is 0.305. The molecule has 2 aromatic carbocycles. The molecule has 1 heterocycles. The zero-order chi connectivity index (χ0) is 18.4. The summed E-state index contributed by atoms with van der Waals surface area (Å²) in [6.07, 6.45) is 0. The molecule has 1 N–H and O–H groups in total. The van der Waals surface area contributed by atoms with Crippen molar-refractivity contribution in [2.45, 2.75) is 33.0 Å². The maximum absolute atomic E-state index is 5.80. The molecule has 0 radical (unpaired) electrons. The minimum absolute atomic E-state index is 0.181. The normalized spacial score (nSPS) is 12.0. The first-order chi connectivity index (χ1) is 12.7. The number of hydrogen-bond donors (Lipinski definition) is 1. The molecule has 0 saturated carbocycles. The van der Waals surface area contributed by atoms with Gasteiger partial charge in [0.15, 0.2) is 0 Å². The zero-order valence-corrected chi connectivity index (χ0v) is 16.2. The van der Waals surface area contributed by atoms with Gasteiger partial charge in [-0.05, 0) is 32.0 Å². The van der Waals surface area contributed by atoms with Gasteiger partial charge in [-0.2, -0.15) is 0 Å². The van der Waals surface area contributed by atoms with E-state index in [1.165, 1.54) is 5.56 Å². The van der Waals surface area contributed by atoms with Crippen molar-refractivity contribution in [1.82, 2.24) is 10.3 Å². The highest BCUT2D eigenvalue weighted by molar-refractivity contribution is 7.09. The Morgan fingerprint density at radius 2 is 1.88 bits per heavy atom. The van der Waals surface area contributed by atoms with Crippen LogP contribution in [0, 0.1) is 6.92 Å². The fourth-order valence-electron chi connectivity index (χ4n) is 2.67. The Labute approximate surface area is 158 Å². The van der Waals surface area contributed by atoms with Crippen molar-refractivity contribution in [3.8, 4) is 11.5 Å². The molecule has 0 bridgehead atoms. The van der Waals surface area contributed by atoms with Gasteiger partial charge in [-0.15, -0.1) is 11.3 Å². The number of thiazole rings is 1. The Bertz CT molecular complexity index is 830. The Balaban J connectivity index is 1.52. The van der Waals surface area contributed by atoms with Crippen molar-refractivity contribution in [2.75, 3.05) is 7.11 Å². The summed E-state index contributed by atoms with van der Waals surface area (Å²) in [6.45, 7) is 5.40. The summed E-state index contributed by atoms with van der Waals surface area (Å²) in [4.78, 5) is 4.65. The highest BCUT2D eigenvalue weighted by Gasteiger charge is 2.11. The number of nitrogens with zero attached hydrogens (tertiary/aromatic N) is 1. The van der Waals surface area contributed by atoms with Crippen LogP contribution in [0.3, 0.4) is 0 Å². The first-order valence-electron chi connectivity index (χ1n) is 8.64. The van der Waals surface area contributed by atoms with E-state index >= 15 is 0 Å². The Hall–Kier alpha value is -2.37. The number of rotatable bonds is 8. The van der Waals surface area contributed by atoms with Crippen LogP contribution in [0.1, 0.15) is 34.8 Å². The molecule has 0 aliphatic carbocycles. The van der Waals surface area contributed by atoms with Crippen molar-refractivity contribution in [1.29, 1.82) is 0 Å². The van der Waals surface area contributed by atoms with Crippen LogP contribution in [0.15, 0.2) is 53.9 Å². The number of nitrogens with one attached hydrogen (secondary N) is 1. The minimum atomic E-state index is 0.181. The second kappa shape index (κ2) is 8.83. The third-order valence-corrected chi connectivity index (χ3v) is 5.05. The third-order valence-electron chi connectivity index (χ3n) is 4.18. The van der Waals surface area contributed by atoms with Gasteiger partial charge in [0.25, 0.3) is 0 Å². The maximum atomic E-state index is 5.80. The van der Waals surface area contributed by atoms with E-state index in [2.05, 4.69) is 35.6 Å². The molecule has 0 aliphatic heterocycles. The monoisotopic (exact) mass is 368 g/mol. The van der Waals surface area contributed by atoms with Gasteiger partial charge in [-0.25, -0.2) is 4.98 Å². The second-order valence-electron chi connectivity index (χ2n) is 6.18. The van der Waals surface area contributed by atoms with Crippen LogP contribution in [-0.2, 0) is 13.2 Å². The van der Waals surface area contributed by atoms with Crippen molar-refractivity contribution in [3.05, 3.63) is 75.7 Å². The second-order valence-corrected chi connectivity index (χ2v) is 7.12. The summed E-state index contributed by atoms with van der Waals surface area (Å²) in [7, 11) is 1.70. The first kappa shape index (κ1) is 18.4. The molecular formula is C21H24N2O2S. The van der Waals surface area contributed by atoms with Gasteiger partial charge in [0.1, 0.15) is 23.1 Å². The van der Waals surface area contributed by atoms with Gasteiger partial charge < -0.3 is 14.8 Å². The van der Waals surface area contributed by atoms with E-state index in [9.17, 15) is 0 Å². The number of aryl methyl sites for hydroxylation is 1. The van der Waals surface area contributed by atoms with Crippen molar-refractivity contribution >= 4 is 11.3 Å². The average Bonchev–Trinajstić information content (AvgIpc) is 3.13. The Morgan fingerprint density at radius 1 is 1.12 bits per heavy atom. The summed E-state index contributed by atoms with van der Waals surface area (Å²) < 4.78 is 11.2. The molecule has 136 valence electrons. The quantitative estimate of drug-likeness (QED) is 0.615. The van der Waals surface area contributed by atoms with E-state index in [1.807, 2.05) is 42.5 Å². The van der Waals surface area contributed by atoms with Crippen LogP contribution in [0.2, 0.25) is 0 Å². The van der Waals surface area contributed by atoms with Crippen molar-refractivity contribution in [3.63, 3.8) is 0 Å². The highest BCUT2D eigenvalue weighted by atomic mass is 32.1. The van der Waals surface area contributed by atoms with Gasteiger partial charge in [-0.3, -0.25) is 0 Å². The number of benzene rings is 2. The van der Waals surface area contributed by atoms with E-state index in [0.29, 0.717) is 13.2 Å². The fourth-order valence-corrected chi connectivity index (χ4v) is 3.37. The smallest absolute Gasteiger partial charge is 0.140 e. The SMILES string of the molecule is COc1ccccc1C(C)NCc1csc(COc2ccc(C)cc2)n1. The summed E-state index contributed by atoms with van der Waals surface area (Å²) in [5.41, 5.74) is 3.40. The largest absolute Gasteiger partial charge is 0.496 e. The van der Waals surface area contributed by atoms with Gasteiger partial charge in [0.05, 0.1) is 12.8 Å². The number of ether oxygens (including phenoxy) is 2. The molecule has 3 rings (SSSR count). The molecule has 0 fully saturated rings. The summed E-state index contributed by atoms with van der Waals surface area (Å²) >= 11 is 1.63. The van der Waals surface area contributed by atoms with E-state index in [-0.39, 0.29) is 6.04 Å². The molecular weight excluding hydrogens is 344 g/mol. The van der Waals surface area contributed by atoms with Gasteiger partial charge in [0.2, 0.25) is 0 Å². The van der Waals surface area contributed by atoms with Crippen LogP contribution < -0.4 is 14.8 Å². The van der Waals surface area contributed by atoms with E-state index in [1.54, 1.807) is 18.4 Å². The summed E-state index contributed by atoms with van der Waals surface area (Å²) in [6, 6.07) is 16.3. The number of aromatic nitrogens is 1.